The lowest BCUT2D eigenvalue weighted by molar-refractivity contribution is -0.117. The van der Waals surface area contributed by atoms with E-state index < -0.39 is 0 Å². The van der Waals surface area contributed by atoms with Gasteiger partial charge in [0.15, 0.2) is 11.5 Å². The van der Waals surface area contributed by atoms with Gasteiger partial charge < -0.3 is 20.5 Å². The fraction of sp³-hybridized carbons (Fsp3) is 0.278. The van der Waals surface area contributed by atoms with E-state index >= 15 is 0 Å². The average Bonchev–Trinajstić information content (AvgIpc) is 3.37. The molecule has 5 nitrogen and oxygen atoms in total. The normalized spacial score (nSPS) is 19.0. The molecule has 2 aromatic rings. The van der Waals surface area contributed by atoms with Crippen molar-refractivity contribution in [3.63, 3.8) is 0 Å². The molecule has 3 rings (SSSR count). The van der Waals surface area contributed by atoms with Crippen LogP contribution in [0.1, 0.15) is 17.9 Å². The molecule has 5 heteroatoms. The van der Waals surface area contributed by atoms with Gasteiger partial charge in [-0.3, -0.25) is 4.79 Å². The van der Waals surface area contributed by atoms with Gasteiger partial charge in [0.25, 0.3) is 0 Å². The van der Waals surface area contributed by atoms with Gasteiger partial charge in [-0.2, -0.15) is 0 Å². The highest BCUT2D eigenvalue weighted by atomic mass is 16.5. The average molecular weight is 312 g/mol. The van der Waals surface area contributed by atoms with Crippen LogP contribution in [0.2, 0.25) is 0 Å². The summed E-state index contributed by atoms with van der Waals surface area (Å²) in [6.07, 6.45) is 0.827. The fourth-order valence-electron chi connectivity index (χ4n) is 2.77. The first kappa shape index (κ1) is 15.2. The van der Waals surface area contributed by atoms with Gasteiger partial charge in [0, 0.05) is 5.92 Å². The van der Waals surface area contributed by atoms with Crippen LogP contribution in [0.5, 0.6) is 11.5 Å². The first-order valence-electron chi connectivity index (χ1n) is 7.51. The second-order valence-electron chi connectivity index (χ2n) is 5.64. The third-order valence-corrected chi connectivity index (χ3v) is 4.18. The van der Waals surface area contributed by atoms with Crippen LogP contribution >= 0.6 is 0 Å². The lowest BCUT2D eigenvalue weighted by atomic mass is 10.1. The molecule has 0 aliphatic heterocycles. The molecule has 1 amide bonds. The number of benzene rings is 2. The molecule has 2 aromatic carbocycles. The Morgan fingerprint density at radius 3 is 2.57 bits per heavy atom. The largest absolute Gasteiger partial charge is 0.493 e. The molecule has 0 bridgehead atoms. The summed E-state index contributed by atoms with van der Waals surface area (Å²) >= 11 is 0. The summed E-state index contributed by atoms with van der Waals surface area (Å²) in [7, 11) is 3.21. The van der Waals surface area contributed by atoms with Gasteiger partial charge in [0.2, 0.25) is 5.91 Å². The number of nitrogens with one attached hydrogen (secondary N) is 1. The van der Waals surface area contributed by atoms with E-state index in [4.69, 9.17) is 15.2 Å². The minimum absolute atomic E-state index is 0.00249. The highest BCUT2D eigenvalue weighted by Crippen LogP contribution is 2.49. The smallest absolute Gasteiger partial charge is 0.228 e. The van der Waals surface area contributed by atoms with Crippen molar-refractivity contribution in [1.82, 2.24) is 0 Å². The van der Waals surface area contributed by atoms with Crippen LogP contribution < -0.4 is 20.5 Å². The van der Waals surface area contributed by atoms with Crippen molar-refractivity contribution in [1.29, 1.82) is 0 Å². The number of carbonyl (C=O) groups excluding carboxylic acids is 1. The zero-order valence-electron chi connectivity index (χ0n) is 13.2. The van der Waals surface area contributed by atoms with Crippen molar-refractivity contribution >= 4 is 17.3 Å². The first-order valence-corrected chi connectivity index (χ1v) is 7.51. The number of nitrogen functional groups attached to an aromatic ring is 1. The Morgan fingerprint density at radius 1 is 1.13 bits per heavy atom. The van der Waals surface area contributed by atoms with Crippen LogP contribution in [-0.2, 0) is 4.79 Å². The predicted octanol–water partition coefficient (Wildman–Crippen LogP) is 3.03. The molecule has 120 valence electrons. The third-order valence-electron chi connectivity index (χ3n) is 4.18. The lowest BCUT2D eigenvalue weighted by Crippen LogP contribution is -2.15. The highest BCUT2D eigenvalue weighted by molar-refractivity contribution is 5.97. The van der Waals surface area contributed by atoms with Crippen molar-refractivity contribution in [2.45, 2.75) is 12.3 Å². The van der Waals surface area contributed by atoms with E-state index in [-0.39, 0.29) is 17.7 Å². The third kappa shape index (κ3) is 3.08. The summed E-state index contributed by atoms with van der Waals surface area (Å²) in [6.45, 7) is 0. The Hall–Kier alpha value is -2.69. The maximum atomic E-state index is 12.4. The molecule has 0 aromatic heterocycles. The van der Waals surface area contributed by atoms with E-state index in [0.29, 0.717) is 22.9 Å². The van der Waals surface area contributed by atoms with Gasteiger partial charge in [-0.1, -0.05) is 18.2 Å². The van der Waals surface area contributed by atoms with E-state index in [1.165, 1.54) is 0 Å². The molecule has 0 saturated heterocycles. The number of methoxy groups -OCH3 is 2. The number of amides is 1. The van der Waals surface area contributed by atoms with E-state index in [1.54, 1.807) is 26.4 Å². The van der Waals surface area contributed by atoms with Crippen molar-refractivity contribution in [2.75, 3.05) is 25.3 Å². The van der Waals surface area contributed by atoms with Crippen LogP contribution in [0.15, 0.2) is 42.5 Å². The first-order chi connectivity index (χ1) is 11.1. The number of ether oxygens (including phenoxy) is 2. The molecule has 0 spiro atoms. The summed E-state index contributed by atoms with van der Waals surface area (Å²) in [5.41, 5.74) is 8.18. The van der Waals surface area contributed by atoms with E-state index in [0.717, 1.165) is 12.0 Å². The molecule has 23 heavy (non-hydrogen) atoms. The molecule has 2 unspecified atom stereocenters. The number of hydrogen-bond donors (Lipinski definition) is 2. The summed E-state index contributed by atoms with van der Waals surface area (Å²) in [6, 6.07) is 13.1. The number of anilines is 2. The van der Waals surface area contributed by atoms with Gasteiger partial charge in [0.1, 0.15) is 0 Å². The van der Waals surface area contributed by atoms with Crippen molar-refractivity contribution in [2.24, 2.45) is 5.92 Å². The van der Waals surface area contributed by atoms with Crippen molar-refractivity contribution in [3.05, 3.63) is 48.0 Å². The number of nitrogens with two attached hydrogens (primary N) is 1. The molecule has 1 fully saturated rings. The van der Waals surface area contributed by atoms with Crippen LogP contribution in [0.3, 0.4) is 0 Å². The maximum absolute atomic E-state index is 12.4. The molecule has 0 radical (unpaired) electrons. The summed E-state index contributed by atoms with van der Waals surface area (Å²) < 4.78 is 10.6. The molecule has 0 heterocycles. The SMILES string of the molecule is COc1ccc(C2CC2C(=O)Nc2ccccc2N)cc1OC. The molecule has 1 aliphatic carbocycles. The Bertz CT molecular complexity index is 730. The summed E-state index contributed by atoms with van der Waals surface area (Å²) in [4.78, 5) is 12.4. The van der Waals surface area contributed by atoms with Crippen LogP contribution in [-0.4, -0.2) is 20.1 Å². The maximum Gasteiger partial charge on any atom is 0.228 e. The fourth-order valence-corrected chi connectivity index (χ4v) is 2.77. The zero-order valence-corrected chi connectivity index (χ0v) is 13.2. The number of para-hydroxylation sites is 2. The second kappa shape index (κ2) is 6.20. The van der Waals surface area contributed by atoms with Crippen molar-refractivity contribution in [3.8, 4) is 11.5 Å². The standard InChI is InChI=1S/C18H20N2O3/c1-22-16-8-7-11(9-17(16)23-2)12-10-13(12)18(21)20-15-6-4-3-5-14(15)19/h3-9,12-13H,10,19H2,1-2H3,(H,20,21). The van der Waals surface area contributed by atoms with Gasteiger partial charge >= 0.3 is 0 Å². The summed E-state index contributed by atoms with van der Waals surface area (Å²) in [5, 5.41) is 2.90. The van der Waals surface area contributed by atoms with E-state index in [9.17, 15) is 4.79 Å². The van der Waals surface area contributed by atoms with Gasteiger partial charge in [0.05, 0.1) is 25.6 Å². The minimum Gasteiger partial charge on any atom is -0.493 e. The Kier molecular flexibility index (Phi) is 4.10. The number of carbonyl (C=O) groups is 1. The molecule has 2 atom stereocenters. The second-order valence-corrected chi connectivity index (χ2v) is 5.64. The topological polar surface area (TPSA) is 73.6 Å². The predicted molar refractivity (Wildman–Crippen MR) is 89.9 cm³/mol. The molecular weight excluding hydrogens is 292 g/mol. The van der Waals surface area contributed by atoms with Crippen LogP contribution in [0.25, 0.3) is 0 Å². The lowest BCUT2D eigenvalue weighted by Gasteiger charge is -2.10. The van der Waals surface area contributed by atoms with Gasteiger partial charge in [-0.15, -0.1) is 0 Å². The molecule has 3 N–H and O–H groups in total. The highest BCUT2D eigenvalue weighted by Gasteiger charge is 2.44. The van der Waals surface area contributed by atoms with Crippen molar-refractivity contribution < 1.29 is 14.3 Å². The van der Waals surface area contributed by atoms with Gasteiger partial charge in [-0.25, -0.2) is 0 Å². The number of rotatable bonds is 5. The zero-order chi connectivity index (χ0) is 16.4. The van der Waals surface area contributed by atoms with Crippen LogP contribution in [0, 0.1) is 5.92 Å². The molecule has 1 aliphatic rings. The van der Waals surface area contributed by atoms with Gasteiger partial charge in [-0.05, 0) is 42.2 Å². The quantitative estimate of drug-likeness (QED) is 0.832. The monoisotopic (exact) mass is 312 g/mol. The Morgan fingerprint density at radius 2 is 1.87 bits per heavy atom. The van der Waals surface area contributed by atoms with E-state index in [2.05, 4.69) is 5.32 Å². The molecular formula is C18H20N2O3. The minimum atomic E-state index is -0.0345. The Balaban J connectivity index is 1.69. The van der Waals surface area contributed by atoms with Crippen LogP contribution in [0.4, 0.5) is 11.4 Å². The summed E-state index contributed by atoms with van der Waals surface area (Å²) in [5.74, 6) is 1.55. The number of hydrogen-bond acceptors (Lipinski definition) is 4. The van der Waals surface area contributed by atoms with E-state index in [1.807, 2.05) is 30.3 Å². The Labute approximate surface area is 135 Å². The molecule has 1 saturated carbocycles.